The Bertz CT molecular complexity index is 1320. The van der Waals surface area contributed by atoms with E-state index in [0.29, 0.717) is 22.6 Å². The lowest BCUT2D eigenvalue weighted by Gasteiger charge is -2.26. The third-order valence-corrected chi connectivity index (χ3v) is 5.22. The van der Waals surface area contributed by atoms with Gasteiger partial charge in [-0.3, -0.25) is 14.9 Å². The molecule has 1 N–H and O–H groups in total. The average molecular weight is 460 g/mol. The number of anilines is 1. The molecule has 0 spiro atoms. The summed E-state index contributed by atoms with van der Waals surface area (Å²) in [5.41, 5.74) is 1.66. The molecular formula is C26H21FN2O5. The fourth-order valence-corrected chi connectivity index (χ4v) is 3.47. The largest absolute Gasteiger partial charge is 0.497 e. The van der Waals surface area contributed by atoms with Crippen molar-refractivity contribution >= 4 is 29.6 Å². The standard InChI is InChI=1S/C26H21FN2O5/c1-16-6-5-8-19(12-16)29-25(31)21(24(30)28-26(29)32)13-17-10-11-20(33-2)14-23(17)34-15-18-7-3-4-9-22(18)27/h3-14H,15H2,1-2H3,(H,28,30,32)/b21-13+. The maximum atomic E-state index is 14.0. The molecule has 1 fully saturated rings. The fraction of sp³-hybridized carbons (Fsp3) is 0.115. The zero-order valence-electron chi connectivity index (χ0n) is 18.5. The number of nitrogens with zero attached hydrogens (tertiary/aromatic N) is 1. The van der Waals surface area contributed by atoms with E-state index in [2.05, 4.69) is 5.32 Å². The van der Waals surface area contributed by atoms with Crippen LogP contribution in [0.3, 0.4) is 0 Å². The highest BCUT2D eigenvalue weighted by Crippen LogP contribution is 2.30. The van der Waals surface area contributed by atoms with Crippen molar-refractivity contribution in [2.45, 2.75) is 13.5 Å². The molecule has 4 amide bonds. The summed E-state index contributed by atoms with van der Waals surface area (Å²) in [6.07, 6.45) is 1.34. The zero-order valence-corrected chi connectivity index (χ0v) is 18.5. The van der Waals surface area contributed by atoms with Crippen LogP contribution in [0.5, 0.6) is 11.5 Å². The molecule has 1 aliphatic rings. The van der Waals surface area contributed by atoms with Crippen LogP contribution in [0.25, 0.3) is 6.08 Å². The van der Waals surface area contributed by atoms with Gasteiger partial charge in [0.1, 0.15) is 29.5 Å². The van der Waals surface area contributed by atoms with Crippen molar-refractivity contribution in [2.24, 2.45) is 0 Å². The molecule has 1 heterocycles. The van der Waals surface area contributed by atoms with E-state index in [1.807, 2.05) is 13.0 Å². The minimum absolute atomic E-state index is 0.0793. The lowest BCUT2D eigenvalue weighted by molar-refractivity contribution is -0.122. The van der Waals surface area contributed by atoms with Gasteiger partial charge in [0.05, 0.1) is 12.8 Å². The molecule has 1 saturated heterocycles. The van der Waals surface area contributed by atoms with Crippen LogP contribution in [0.1, 0.15) is 16.7 Å². The Morgan fingerprint density at radius 2 is 1.79 bits per heavy atom. The number of carbonyl (C=O) groups is 3. The average Bonchev–Trinajstić information content (AvgIpc) is 2.81. The number of carbonyl (C=O) groups excluding carboxylic acids is 3. The third-order valence-electron chi connectivity index (χ3n) is 5.22. The van der Waals surface area contributed by atoms with Gasteiger partial charge >= 0.3 is 6.03 Å². The summed E-state index contributed by atoms with van der Waals surface area (Å²) in [7, 11) is 1.48. The predicted molar refractivity (Wildman–Crippen MR) is 124 cm³/mol. The summed E-state index contributed by atoms with van der Waals surface area (Å²) in [5.74, 6) is -1.26. The number of hydrogen-bond donors (Lipinski definition) is 1. The zero-order chi connectivity index (χ0) is 24.2. The van der Waals surface area contributed by atoms with E-state index in [1.54, 1.807) is 54.6 Å². The number of benzene rings is 3. The van der Waals surface area contributed by atoms with E-state index in [1.165, 1.54) is 19.3 Å². The SMILES string of the molecule is COc1ccc(/C=C2\C(=O)NC(=O)N(c3cccc(C)c3)C2=O)c(OCc2ccccc2F)c1. The second-order valence-corrected chi connectivity index (χ2v) is 7.58. The van der Waals surface area contributed by atoms with Crippen molar-refractivity contribution in [3.63, 3.8) is 0 Å². The maximum absolute atomic E-state index is 14.0. The molecule has 0 saturated carbocycles. The first-order valence-electron chi connectivity index (χ1n) is 10.4. The number of halogens is 1. The number of nitrogens with one attached hydrogen (secondary N) is 1. The van der Waals surface area contributed by atoms with Gasteiger partial charge in [0, 0.05) is 17.2 Å². The summed E-state index contributed by atoms with van der Waals surface area (Å²) in [6.45, 7) is 1.75. The second-order valence-electron chi connectivity index (χ2n) is 7.58. The number of rotatable bonds is 6. The quantitative estimate of drug-likeness (QED) is 0.436. The van der Waals surface area contributed by atoms with E-state index in [-0.39, 0.29) is 17.9 Å². The van der Waals surface area contributed by atoms with Gasteiger partial charge in [0.15, 0.2) is 0 Å². The molecule has 0 aliphatic carbocycles. The number of amides is 4. The van der Waals surface area contributed by atoms with Crippen LogP contribution >= 0.6 is 0 Å². The smallest absolute Gasteiger partial charge is 0.335 e. The summed E-state index contributed by atoms with van der Waals surface area (Å²) >= 11 is 0. The molecule has 0 bridgehead atoms. The van der Waals surface area contributed by atoms with E-state index in [9.17, 15) is 18.8 Å². The van der Waals surface area contributed by atoms with Crippen molar-refractivity contribution in [2.75, 3.05) is 12.0 Å². The molecule has 0 unspecified atom stereocenters. The molecule has 0 atom stereocenters. The molecule has 4 rings (SSSR count). The number of imide groups is 2. The highest BCUT2D eigenvalue weighted by molar-refractivity contribution is 6.39. The van der Waals surface area contributed by atoms with Crippen LogP contribution < -0.4 is 19.7 Å². The van der Waals surface area contributed by atoms with Gasteiger partial charge in [-0.2, -0.15) is 0 Å². The Balaban J connectivity index is 1.70. The number of hydrogen-bond acceptors (Lipinski definition) is 5. The number of methoxy groups -OCH3 is 1. The molecule has 3 aromatic carbocycles. The molecule has 172 valence electrons. The Hall–Kier alpha value is -4.46. The minimum atomic E-state index is -0.830. The molecule has 1 aliphatic heterocycles. The molecule has 3 aromatic rings. The van der Waals surface area contributed by atoms with Crippen molar-refractivity contribution in [3.05, 3.63) is 94.8 Å². The van der Waals surface area contributed by atoms with Crippen LogP contribution in [0.2, 0.25) is 0 Å². The summed E-state index contributed by atoms with van der Waals surface area (Å²) in [5, 5.41) is 2.20. The van der Waals surface area contributed by atoms with Crippen LogP contribution in [0, 0.1) is 12.7 Å². The van der Waals surface area contributed by atoms with Gasteiger partial charge in [-0.05, 0) is 48.9 Å². The van der Waals surface area contributed by atoms with Gasteiger partial charge < -0.3 is 9.47 Å². The topological polar surface area (TPSA) is 84.9 Å². The van der Waals surface area contributed by atoms with E-state index in [0.717, 1.165) is 10.5 Å². The van der Waals surface area contributed by atoms with Crippen molar-refractivity contribution in [1.82, 2.24) is 5.32 Å². The normalized spacial score (nSPS) is 14.9. The van der Waals surface area contributed by atoms with Crippen LogP contribution in [0.4, 0.5) is 14.9 Å². The van der Waals surface area contributed by atoms with Crippen molar-refractivity contribution < 1.29 is 28.2 Å². The number of ether oxygens (including phenoxy) is 2. The summed E-state index contributed by atoms with van der Waals surface area (Å²) in [6, 6.07) is 17.0. The van der Waals surface area contributed by atoms with Crippen LogP contribution in [0.15, 0.2) is 72.3 Å². The Morgan fingerprint density at radius 3 is 2.53 bits per heavy atom. The predicted octanol–water partition coefficient (Wildman–Crippen LogP) is 4.39. The van der Waals surface area contributed by atoms with Crippen LogP contribution in [-0.2, 0) is 16.2 Å². The first-order valence-corrected chi connectivity index (χ1v) is 10.4. The molecule has 34 heavy (non-hydrogen) atoms. The van der Waals surface area contributed by atoms with E-state index in [4.69, 9.17) is 9.47 Å². The van der Waals surface area contributed by atoms with E-state index < -0.39 is 23.7 Å². The summed E-state index contributed by atoms with van der Waals surface area (Å²) < 4.78 is 25.1. The minimum Gasteiger partial charge on any atom is -0.497 e. The monoisotopic (exact) mass is 460 g/mol. The Morgan fingerprint density at radius 1 is 1.00 bits per heavy atom. The maximum Gasteiger partial charge on any atom is 0.335 e. The lowest BCUT2D eigenvalue weighted by Crippen LogP contribution is -2.54. The first kappa shape index (κ1) is 22.7. The Labute approximate surface area is 195 Å². The summed E-state index contributed by atoms with van der Waals surface area (Å²) in [4.78, 5) is 39.1. The van der Waals surface area contributed by atoms with E-state index >= 15 is 0 Å². The van der Waals surface area contributed by atoms with Gasteiger partial charge in [0.25, 0.3) is 11.8 Å². The highest BCUT2D eigenvalue weighted by atomic mass is 19.1. The van der Waals surface area contributed by atoms with Crippen molar-refractivity contribution in [1.29, 1.82) is 0 Å². The Kier molecular flexibility index (Phi) is 6.40. The lowest BCUT2D eigenvalue weighted by atomic mass is 10.1. The third kappa shape index (κ3) is 4.66. The van der Waals surface area contributed by atoms with Gasteiger partial charge in [0.2, 0.25) is 0 Å². The molecule has 0 radical (unpaired) electrons. The van der Waals surface area contributed by atoms with Gasteiger partial charge in [-0.1, -0.05) is 30.3 Å². The highest BCUT2D eigenvalue weighted by Gasteiger charge is 2.37. The number of aryl methyl sites for hydroxylation is 1. The molecule has 0 aromatic heterocycles. The number of urea groups is 1. The fourth-order valence-electron chi connectivity index (χ4n) is 3.47. The number of barbiturate groups is 1. The van der Waals surface area contributed by atoms with Gasteiger partial charge in [-0.25, -0.2) is 14.1 Å². The van der Waals surface area contributed by atoms with Gasteiger partial charge in [-0.15, -0.1) is 0 Å². The molecular weight excluding hydrogens is 439 g/mol. The molecule has 8 heteroatoms. The second kappa shape index (κ2) is 9.58. The van der Waals surface area contributed by atoms with Crippen LogP contribution in [-0.4, -0.2) is 25.0 Å². The van der Waals surface area contributed by atoms with Crippen molar-refractivity contribution in [3.8, 4) is 11.5 Å². The molecule has 7 nitrogen and oxygen atoms in total. The first-order chi connectivity index (χ1) is 16.4.